The molecule has 3 rings (SSSR count). The Morgan fingerprint density at radius 3 is 2.77 bits per heavy atom. The van der Waals surface area contributed by atoms with Crippen LogP contribution < -0.4 is 5.32 Å². The first-order valence-electron chi connectivity index (χ1n) is 6.57. The highest BCUT2D eigenvalue weighted by Gasteiger charge is 2.20. The lowest BCUT2D eigenvalue weighted by atomic mass is 10.1. The van der Waals surface area contributed by atoms with Gasteiger partial charge in [0.2, 0.25) is 0 Å². The highest BCUT2D eigenvalue weighted by Crippen LogP contribution is 2.20. The van der Waals surface area contributed by atoms with Gasteiger partial charge in [-0.3, -0.25) is 14.9 Å². The van der Waals surface area contributed by atoms with E-state index >= 15 is 0 Å². The molecule has 0 aliphatic carbocycles. The van der Waals surface area contributed by atoms with Crippen LogP contribution in [0.5, 0.6) is 0 Å². The van der Waals surface area contributed by atoms with Gasteiger partial charge in [-0.05, 0) is 28.5 Å². The summed E-state index contributed by atoms with van der Waals surface area (Å²) in [5.41, 5.74) is 1.15. The second-order valence-electron chi connectivity index (χ2n) is 4.69. The monoisotopic (exact) mass is 312 g/mol. The SMILES string of the molecule is O=C(O)CSC1=N/C(=C/c2ccc3ccccc3c2)C(=O)N1. The number of amidine groups is 1. The van der Waals surface area contributed by atoms with Gasteiger partial charge in [0, 0.05) is 0 Å². The molecule has 0 aromatic heterocycles. The minimum Gasteiger partial charge on any atom is -0.481 e. The van der Waals surface area contributed by atoms with Crippen molar-refractivity contribution in [3.05, 3.63) is 53.7 Å². The van der Waals surface area contributed by atoms with Gasteiger partial charge in [-0.25, -0.2) is 4.99 Å². The van der Waals surface area contributed by atoms with E-state index in [4.69, 9.17) is 5.11 Å². The molecule has 0 bridgehead atoms. The molecular formula is C16H12N2O3S. The van der Waals surface area contributed by atoms with E-state index in [2.05, 4.69) is 10.3 Å². The molecule has 2 aromatic carbocycles. The molecule has 2 aromatic rings. The zero-order chi connectivity index (χ0) is 15.5. The summed E-state index contributed by atoms with van der Waals surface area (Å²) in [7, 11) is 0. The molecule has 0 saturated carbocycles. The van der Waals surface area contributed by atoms with Gasteiger partial charge >= 0.3 is 5.97 Å². The lowest BCUT2D eigenvalue weighted by molar-refractivity contribution is -0.133. The van der Waals surface area contributed by atoms with Crippen molar-refractivity contribution in [2.75, 3.05) is 5.75 Å². The predicted octanol–water partition coefficient (Wildman–Crippen LogP) is 2.48. The zero-order valence-electron chi connectivity index (χ0n) is 11.4. The van der Waals surface area contributed by atoms with E-state index in [0.717, 1.165) is 28.1 Å². The number of benzene rings is 2. The van der Waals surface area contributed by atoms with E-state index < -0.39 is 5.97 Å². The first-order chi connectivity index (χ1) is 10.6. The quantitative estimate of drug-likeness (QED) is 0.854. The molecule has 0 spiro atoms. The van der Waals surface area contributed by atoms with Gasteiger partial charge in [-0.1, -0.05) is 48.2 Å². The summed E-state index contributed by atoms with van der Waals surface area (Å²) in [6, 6.07) is 13.8. The van der Waals surface area contributed by atoms with Crippen LogP contribution in [0.3, 0.4) is 0 Å². The highest BCUT2D eigenvalue weighted by molar-refractivity contribution is 8.14. The maximum atomic E-state index is 11.8. The van der Waals surface area contributed by atoms with Crippen LogP contribution in [-0.2, 0) is 9.59 Å². The summed E-state index contributed by atoms with van der Waals surface area (Å²) in [5.74, 6) is -1.41. The summed E-state index contributed by atoms with van der Waals surface area (Å²) in [6.45, 7) is 0. The maximum Gasteiger partial charge on any atom is 0.313 e. The molecule has 110 valence electrons. The Labute approximate surface area is 130 Å². The number of nitrogens with one attached hydrogen (secondary N) is 1. The molecule has 2 N–H and O–H groups in total. The minimum atomic E-state index is -0.950. The second-order valence-corrected chi connectivity index (χ2v) is 5.65. The van der Waals surface area contributed by atoms with Crippen LogP contribution in [0.15, 0.2) is 53.2 Å². The smallest absolute Gasteiger partial charge is 0.313 e. The fraction of sp³-hybridized carbons (Fsp3) is 0.0625. The van der Waals surface area contributed by atoms with Crippen LogP contribution in [-0.4, -0.2) is 27.9 Å². The average Bonchev–Trinajstić information content (AvgIpc) is 2.85. The van der Waals surface area contributed by atoms with Crippen molar-refractivity contribution in [1.29, 1.82) is 0 Å². The Morgan fingerprint density at radius 2 is 2.00 bits per heavy atom. The number of fused-ring (bicyclic) bond motifs is 1. The Balaban J connectivity index is 1.86. The van der Waals surface area contributed by atoms with Crippen LogP contribution in [0, 0.1) is 0 Å². The lowest BCUT2D eigenvalue weighted by Crippen LogP contribution is -2.22. The number of nitrogens with zero attached hydrogens (tertiary/aromatic N) is 1. The number of hydrogen-bond donors (Lipinski definition) is 2. The number of carboxylic acids is 1. The van der Waals surface area contributed by atoms with E-state index in [0.29, 0.717) is 5.17 Å². The summed E-state index contributed by atoms with van der Waals surface area (Å²) in [5, 5.41) is 13.7. The van der Waals surface area contributed by atoms with E-state index in [1.807, 2.05) is 42.5 Å². The van der Waals surface area contributed by atoms with Gasteiger partial charge in [0.1, 0.15) is 5.70 Å². The van der Waals surface area contributed by atoms with E-state index in [1.165, 1.54) is 0 Å². The molecule has 5 nitrogen and oxygen atoms in total. The molecule has 6 heteroatoms. The third-order valence-electron chi connectivity index (χ3n) is 3.08. The summed E-state index contributed by atoms with van der Waals surface area (Å²) in [4.78, 5) is 26.5. The molecule has 1 aliphatic heterocycles. The molecule has 0 fully saturated rings. The molecule has 22 heavy (non-hydrogen) atoms. The molecular weight excluding hydrogens is 300 g/mol. The lowest BCUT2D eigenvalue weighted by Gasteiger charge is -1.99. The van der Waals surface area contributed by atoms with E-state index in [1.54, 1.807) is 6.08 Å². The summed E-state index contributed by atoms with van der Waals surface area (Å²) < 4.78 is 0. The van der Waals surface area contributed by atoms with Gasteiger partial charge in [0.05, 0.1) is 5.75 Å². The van der Waals surface area contributed by atoms with Crippen molar-refractivity contribution in [3.8, 4) is 0 Å². The minimum absolute atomic E-state index is 0.137. The normalized spacial score (nSPS) is 15.9. The topological polar surface area (TPSA) is 78.8 Å². The molecule has 0 unspecified atom stereocenters. The van der Waals surface area contributed by atoms with Crippen LogP contribution >= 0.6 is 11.8 Å². The number of carbonyl (C=O) groups is 2. The van der Waals surface area contributed by atoms with Gasteiger partial charge in [0.25, 0.3) is 5.91 Å². The van der Waals surface area contributed by atoms with Crippen molar-refractivity contribution in [2.45, 2.75) is 0 Å². The van der Waals surface area contributed by atoms with E-state index in [9.17, 15) is 9.59 Å². The zero-order valence-corrected chi connectivity index (χ0v) is 12.3. The first kappa shape index (κ1) is 14.3. The molecule has 0 atom stereocenters. The van der Waals surface area contributed by atoms with Crippen LogP contribution in [0.1, 0.15) is 5.56 Å². The third kappa shape index (κ3) is 3.17. The summed E-state index contributed by atoms with van der Waals surface area (Å²) >= 11 is 0.990. The standard InChI is InChI=1S/C16H12N2O3S/c19-14(20)9-22-16-17-13(15(21)18-16)8-10-5-6-11-3-1-2-4-12(11)7-10/h1-8H,9H2,(H,19,20)(H,17,18,21)/b13-8+. The Kier molecular flexibility index (Phi) is 3.93. The third-order valence-corrected chi connectivity index (χ3v) is 3.94. The van der Waals surface area contributed by atoms with Crippen molar-refractivity contribution in [1.82, 2.24) is 5.32 Å². The average molecular weight is 312 g/mol. The second kappa shape index (κ2) is 6.03. The fourth-order valence-corrected chi connectivity index (χ4v) is 2.69. The number of rotatable bonds is 3. The van der Waals surface area contributed by atoms with Crippen LogP contribution in [0.2, 0.25) is 0 Å². The fourth-order valence-electron chi connectivity index (χ4n) is 2.10. The maximum absolute atomic E-state index is 11.8. The number of amides is 1. The Morgan fingerprint density at radius 1 is 1.23 bits per heavy atom. The number of thioether (sulfide) groups is 1. The van der Waals surface area contributed by atoms with Crippen molar-refractivity contribution in [2.24, 2.45) is 4.99 Å². The number of aliphatic carboxylic acids is 1. The molecule has 1 heterocycles. The molecule has 0 saturated heterocycles. The Hall–Kier alpha value is -2.60. The van der Waals surface area contributed by atoms with Crippen molar-refractivity contribution < 1.29 is 14.7 Å². The molecule has 0 radical (unpaired) electrons. The van der Waals surface area contributed by atoms with E-state index in [-0.39, 0.29) is 17.4 Å². The van der Waals surface area contributed by atoms with Crippen molar-refractivity contribution >= 4 is 45.7 Å². The largest absolute Gasteiger partial charge is 0.481 e. The number of hydrogen-bond acceptors (Lipinski definition) is 4. The molecule has 1 aliphatic rings. The first-order valence-corrected chi connectivity index (χ1v) is 7.55. The Bertz CT molecular complexity index is 827. The number of aliphatic imine (C=N–C) groups is 1. The highest BCUT2D eigenvalue weighted by atomic mass is 32.2. The number of carboxylic acid groups (broad SMARTS) is 1. The van der Waals surface area contributed by atoms with Gasteiger partial charge in [-0.2, -0.15) is 0 Å². The van der Waals surface area contributed by atoms with Gasteiger partial charge < -0.3 is 5.11 Å². The van der Waals surface area contributed by atoms with Gasteiger partial charge in [0.15, 0.2) is 5.17 Å². The summed E-state index contributed by atoms with van der Waals surface area (Å²) in [6.07, 6.45) is 1.69. The number of carbonyl (C=O) groups excluding carboxylic acids is 1. The van der Waals surface area contributed by atoms with Crippen LogP contribution in [0.25, 0.3) is 16.8 Å². The van der Waals surface area contributed by atoms with Crippen molar-refractivity contribution in [3.63, 3.8) is 0 Å². The van der Waals surface area contributed by atoms with Gasteiger partial charge in [-0.15, -0.1) is 0 Å². The molecule has 1 amide bonds. The predicted molar refractivity (Wildman–Crippen MR) is 87.6 cm³/mol. The van der Waals surface area contributed by atoms with Crippen LogP contribution in [0.4, 0.5) is 0 Å².